The summed E-state index contributed by atoms with van der Waals surface area (Å²) in [6.07, 6.45) is 5.80. The van der Waals surface area contributed by atoms with Crippen LogP contribution in [0.3, 0.4) is 0 Å². The largest absolute Gasteiger partial charge is 0.444 e. The number of carbonyl (C=O) groups excluding carboxylic acids is 3. The lowest BCUT2D eigenvalue weighted by atomic mass is 10.0. The molecule has 3 heterocycles. The number of H-pyrrole nitrogens is 1. The Morgan fingerprint density at radius 2 is 1.81 bits per heavy atom. The molecule has 0 bridgehead atoms. The number of likely N-dealkylation sites (tertiary alicyclic amines) is 1. The fraction of sp³-hybridized carbons (Fsp3) is 0.382. The quantitative estimate of drug-likeness (QED) is 0.0950. The van der Waals surface area contributed by atoms with E-state index in [1.165, 1.54) is 0 Å². The van der Waals surface area contributed by atoms with Crippen LogP contribution in [-0.4, -0.2) is 75.7 Å². The lowest BCUT2D eigenvalue weighted by Gasteiger charge is -2.23. The maximum Gasteiger partial charge on any atom is 0.408 e. The second-order valence-electron chi connectivity index (χ2n) is 12.6. The predicted molar refractivity (Wildman–Crippen MR) is 191 cm³/mol. The van der Waals surface area contributed by atoms with Gasteiger partial charge in [0.25, 0.3) is 0 Å². The summed E-state index contributed by atoms with van der Waals surface area (Å²) in [6.45, 7) is 7.76. The zero-order valence-electron chi connectivity index (χ0n) is 27.4. The Balaban J connectivity index is 1.13. The molecule has 0 unspecified atom stereocenters. The third-order valence-corrected chi connectivity index (χ3v) is 8.14. The van der Waals surface area contributed by atoms with E-state index >= 15 is 0 Å². The Bertz CT molecular complexity index is 1730. The standard InChI is InChI=1S/C34H42BrN9O4/c1-34(2,3)48-33(47)42-28(18-22-20-38-27-13-5-4-12-25(22)27)30(45)37-15-9-14-36-29-26(35)21-39-31(43-29)40-23-10-8-11-24(19-23)41-32(46)44-16-6-7-17-44/h4-5,8,10-13,19-21,28,38H,6-7,9,14-18H2,1-3H3,(H,37,45)(H,41,46)(H,42,47)(H2,36,39,40,43)/t28-/m1/s1. The van der Waals surface area contributed by atoms with E-state index in [2.05, 4.69) is 57.5 Å². The van der Waals surface area contributed by atoms with Gasteiger partial charge in [-0.1, -0.05) is 24.3 Å². The summed E-state index contributed by atoms with van der Waals surface area (Å²) in [5.41, 5.74) is 2.59. The second kappa shape index (κ2) is 15.8. The maximum atomic E-state index is 13.3. The number of anilines is 4. The van der Waals surface area contributed by atoms with Crippen LogP contribution in [-0.2, 0) is 16.0 Å². The molecule has 0 radical (unpaired) electrons. The smallest absolute Gasteiger partial charge is 0.408 e. The zero-order chi connectivity index (χ0) is 34.1. The summed E-state index contributed by atoms with van der Waals surface area (Å²) in [7, 11) is 0. The molecular formula is C34H42BrN9O4. The van der Waals surface area contributed by atoms with Gasteiger partial charge in [0.1, 0.15) is 17.5 Å². The van der Waals surface area contributed by atoms with Gasteiger partial charge >= 0.3 is 12.1 Å². The summed E-state index contributed by atoms with van der Waals surface area (Å²) in [6, 6.07) is 14.3. The first-order chi connectivity index (χ1) is 23.0. The molecule has 0 spiro atoms. The van der Waals surface area contributed by atoms with Crippen LogP contribution >= 0.6 is 15.9 Å². The van der Waals surface area contributed by atoms with Crippen molar-refractivity contribution in [1.82, 2.24) is 30.5 Å². The predicted octanol–water partition coefficient (Wildman–Crippen LogP) is 6.15. The van der Waals surface area contributed by atoms with Crippen molar-refractivity contribution in [1.29, 1.82) is 0 Å². The molecule has 14 heteroatoms. The number of nitrogens with zero attached hydrogens (tertiary/aromatic N) is 3. The lowest BCUT2D eigenvalue weighted by molar-refractivity contribution is -0.123. The first-order valence-corrected chi connectivity index (χ1v) is 16.8. The van der Waals surface area contributed by atoms with Crippen LogP contribution in [0.15, 0.2) is 65.4 Å². The molecule has 6 N–H and O–H groups in total. The zero-order valence-corrected chi connectivity index (χ0v) is 28.9. The topological polar surface area (TPSA) is 165 Å². The number of aromatic nitrogens is 3. The number of halogens is 1. The highest BCUT2D eigenvalue weighted by Gasteiger charge is 2.25. The maximum absolute atomic E-state index is 13.3. The average Bonchev–Trinajstić information content (AvgIpc) is 3.72. The normalized spacial score (nSPS) is 13.5. The molecule has 48 heavy (non-hydrogen) atoms. The third-order valence-electron chi connectivity index (χ3n) is 7.56. The number of hydrogen-bond donors (Lipinski definition) is 6. The summed E-state index contributed by atoms with van der Waals surface area (Å²) < 4.78 is 6.11. The molecule has 1 saturated heterocycles. The molecule has 13 nitrogen and oxygen atoms in total. The first kappa shape index (κ1) is 34.5. The summed E-state index contributed by atoms with van der Waals surface area (Å²) >= 11 is 3.50. The molecule has 2 aromatic carbocycles. The number of ether oxygens (including phenoxy) is 1. The van der Waals surface area contributed by atoms with Crippen molar-refractivity contribution < 1.29 is 19.1 Å². The van der Waals surface area contributed by atoms with E-state index in [0.29, 0.717) is 47.9 Å². The van der Waals surface area contributed by atoms with Crippen LogP contribution in [0.5, 0.6) is 0 Å². The van der Waals surface area contributed by atoms with Crippen LogP contribution in [0.4, 0.5) is 32.7 Å². The van der Waals surface area contributed by atoms with Gasteiger partial charge in [-0.2, -0.15) is 4.98 Å². The number of hydrogen-bond acceptors (Lipinski definition) is 8. The highest BCUT2D eigenvalue weighted by molar-refractivity contribution is 9.10. The Kier molecular flexibility index (Phi) is 11.4. The minimum absolute atomic E-state index is 0.101. The number of carbonyl (C=O) groups is 3. The SMILES string of the molecule is CC(C)(C)OC(=O)N[C@H](Cc1c[nH]c2ccccc12)C(=O)NCCCNc1nc(Nc2cccc(NC(=O)N3CCCC3)c2)ncc1Br. The minimum atomic E-state index is -0.830. The van der Waals surface area contributed by atoms with Crippen LogP contribution in [0, 0.1) is 0 Å². The molecule has 4 amide bonds. The Morgan fingerprint density at radius 3 is 2.60 bits per heavy atom. The second-order valence-corrected chi connectivity index (χ2v) is 13.4. The van der Waals surface area contributed by atoms with E-state index < -0.39 is 17.7 Å². The van der Waals surface area contributed by atoms with Crippen molar-refractivity contribution in [2.45, 2.75) is 58.1 Å². The summed E-state index contributed by atoms with van der Waals surface area (Å²) in [4.78, 5) is 52.4. The van der Waals surface area contributed by atoms with Gasteiger partial charge in [0, 0.05) is 67.3 Å². The van der Waals surface area contributed by atoms with E-state index in [0.717, 1.165) is 48.1 Å². The minimum Gasteiger partial charge on any atom is -0.444 e. The lowest BCUT2D eigenvalue weighted by Crippen LogP contribution is -2.49. The molecule has 4 aromatic rings. The number of urea groups is 1. The number of amides is 4. The third kappa shape index (κ3) is 9.83. The number of fused-ring (bicyclic) bond motifs is 1. The molecule has 0 saturated carbocycles. The van der Waals surface area contributed by atoms with Crippen molar-refractivity contribution in [3.63, 3.8) is 0 Å². The molecule has 1 aliphatic heterocycles. The van der Waals surface area contributed by atoms with Gasteiger partial charge < -0.3 is 41.2 Å². The number of alkyl carbamates (subject to hydrolysis) is 1. The van der Waals surface area contributed by atoms with Crippen LogP contribution in [0.25, 0.3) is 10.9 Å². The highest BCUT2D eigenvalue weighted by atomic mass is 79.9. The molecule has 1 aliphatic rings. The number of benzene rings is 2. The van der Waals surface area contributed by atoms with Crippen molar-refractivity contribution in [3.8, 4) is 0 Å². The number of rotatable bonds is 12. The molecule has 1 atom stereocenters. The van der Waals surface area contributed by atoms with Crippen molar-refractivity contribution >= 4 is 68.0 Å². The van der Waals surface area contributed by atoms with Gasteiger partial charge in [-0.25, -0.2) is 14.6 Å². The summed E-state index contributed by atoms with van der Waals surface area (Å²) in [5, 5.41) is 16.1. The Morgan fingerprint density at radius 1 is 1.04 bits per heavy atom. The fourth-order valence-electron chi connectivity index (χ4n) is 5.29. The highest BCUT2D eigenvalue weighted by Crippen LogP contribution is 2.24. The molecule has 0 aliphatic carbocycles. The number of nitrogens with one attached hydrogen (secondary N) is 6. The molecule has 5 rings (SSSR count). The number of para-hydroxylation sites is 1. The van der Waals surface area contributed by atoms with Gasteiger partial charge in [-0.05, 0) is 85.8 Å². The van der Waals surface area contributed by atoms with Gasteiger partial charge in [0.2, 0.25) is 11.9 Å². The molecule has 254 valence electrons. The Labute approximate surface area is 288 Å². The van der Waals surface area contributed by atoms with Gasteiger partial charge in [-0.15, -0.1) is 0 Å². The van der Waals surface area contributed by atoms with E-state index in [1.807, 2.05) is 59.6 Å². The molecular weight excluding hydrogens is 678 g/mol. The van der Waals surface area contributed by atoms with E-state index in [1.54, 1.807) is 27.0 Å². The van der Waals surface area contributed by atoms with Crippen molar-refractivity contribution in [2.24, 2.45) is 0 Å². The van der Waals surface area contributed by atoms with Crippen LogP contribution in [0.2, 0.25) is 0 Å². The first-order valence-electron chi connectivity index (χ1n) is 16.1. The Hall–Kier alpha value is -4.85. The van der Waals surface area contributed by atoms with Gasteiger partial charge in [-0.3, -0.25) is 4.79 Å². The average molecular weight is 721 g/mol. The van der Waals surface area contributed by atoms with E-state index in [4.69, 9.17) is 4.74 Å². The van der Waals surface area contributed by atoms with Crippen molar-refractivity contribution in [3.05, 3.63) is 71.0 Å². The fourth-order valence-corrected chi connectivity index (χ4v) is 5.62. The van der Waals surface area contributed by atoms with Crippen LogP contribution < -0.4 is 26.6 Å². The monoisotopic (exact) mass is 719 g/mol. The summed E-state index contributed by atoms with van der Waals surface area (Å²) in [5.74, 6) is 0.658. The molecule has 2 aromatic heterocycles. The molecule has 1 fully saturated rings. The van der Waals surface area contributed by atoms with Gasteiger partial charge in [0.15, 0.2) is 0 Å². The number of aromatic amines is 1. The van der Waals surface area contributed by atoms with Crippen LogP contribution in [0.1, 0.15) is 45.6 Å². The van der Waals surface area contributed by atoms with Gasteiger partial charge in [0.05, 0.1) is 4.47 Å². The van der Waals surface area contributed by atoms with E-state index in [9.17, 15) is 14.4 Å². The van der Waals surface area contributed by atoms with E-state index in [-0.39, 0.29) is 11.9 Å². The van der Waals surface area contributed by atoms with Crippen molar-refractivity contribution in [2.75, 3.05) is 42.1 Å².